The summed E-state index contributed by atoms with van der Waals surface area (Å²) in [5.41, 5.74) is 0. The third-order valence-electron chi connectivity index (χ3n) is 3.88. The standard InChI is InChI=1S/C20H36O2/c1-4-6-8-9-10-11-12-13-14-16-18-20(22-19(3)21)17-15-7-5-2/h4,6,8,20H,1,5,7,9-18H2,2-3H3/b8-6+. The number of hydrogen-bond donors (Lipinski definition) is 0. The van der Waals surface area contributed by atoms with Crippen LogP contribution in [0.15, 0.2) is 24.8 Å². The first-order valence-electron chi connectivity index (χ1n) is 9.15. The van der Waals surface area contributed by atoms with Gasteiger partial charge in [0.05, 0.1) is 0 Å². The zero-order valence-corrected chi connectivity index (χ0v) is 14.8. The Morgan fingerprint density at radius 1 is 1.00 bits per heavy atom. The molecule has 0 radical (unpaired) electrons. The summed E-state index contributed by atoms with van der Waals surface area (Å²) in [6.45, 7) is 7.39. The summed E-state index contributed by atoms with van der Waals surface area (Å²) >= 11 is 0. The number of ether oxygens (including phenoxy) is 1. The van der Waals surface area contributed by atoms with Crippen LogP contribution in [0.1, 0.15) is 90.9 Å². The molecule has 1 atom stereocenters. The van der Waals surface area contributed by atoms with E-state index in [1.807, 2.05) is 12.2 Å². The molecule has 0 bridgehead atoms. The largest absolute Gasteiger partial charge is 0.463 e. The van der Waals surface area contributed by atoms with Crippen LogP contribution < -0.4 is 0 Å². The number of allylic oxidation sites excluding steroid dienone is 3. The van der Waals surface area contributed by atoms with Crippen LogP contribution in [0.2, 0.25) is 0 Å². The molecule has 0 heterocycles. The van der Waals surface area contributed by atoms with Crippen molar-refractivity contribution in [3.63, 3.8) is 0 Å². The van der Waals surface area contributed by atoms with Crippen molar-refractivity contribution in [3.05, 3.63) is 24.8 Å². The van der Waals surface area contributed by atoms with Crippen molar-refractivity contribution < 1.29 is 9.53 Å². The smallest absolute Gasteiger partial charge is 0.302 e. The minimum Gasteiger partial charge on any atom is -0.463 e. The van der Waals surface area contributed by atoms with Crippen molar-refractivity contribution in [1.29, 1.82) is 0 Å². The van der Waals surface area contributed by atoms with Gasteiger partial charge in [-0.25, -0.2) is 0 Å². The second-order valence-corrected chi connectivity index (χ2v) is 6.09. The highest BCUT2D eigenvalue weighted by atomic mass is 16.5. The molecule has 2 heteroatoms. The van der Waals surface area contributed by atoms with Crippen LogP contribution in [0.3, 0.4) is 0 Å². The molecule has 22 heavy (non-hydrogen) atoms. The lowest BCUT2D eigenvalue weighted by Gasteiger charge is -2.16. The van der Waals surface area contributed by atoms with Crippen molar-refractivity contribution in [2.24, 2.45) is 0 Å². The first-order chi connectivity index (χ1) is 10.7. The van der Waals surface area contributed by atoms with Gasteiger partial charge in [-0.2, -0.15) is 0 Å². The van der Waals surface area contributed by atoms with Crippen LogP contribution in [-0.4, -0.2) is 12.1 Å². The van der Waals surface area contributed by atoms with Gasteiger partial charge < -0.3 is 4.74 Å². The fraction of sp³-hybridized carbons (Fsp3) is 0.750. The minimum atomic E-state index is -0.130. The number of unbranched alkanes of at least 4 members (excludes halogenated alkanes) is 8. The van der Waals surface area contributed by atoms with Crippen LogP contribution in [0.25, 0.3) is 0 Å². The summed E-state index contributed by atoms with van der Waals surface area (Å²) in [6, 6.07) is 0. The maximum atomic E-state index is 11.1. The van der Waals surface area contributed by atoms with E-state index < -0.39 is 0 Å². The van der Waals surface area contributed by atoms with Crippen molar-refractivity contribution in [2.75, 3.05) is 0 Å². The molecule has 0 fully saturated rings. The second kappa shape index (κ2) is 16.3. The van der Waals surface area contributed by atoms with Crippen LogP contribution in [-0.2, 0) is 9.53 Å². The molecule has 0 aliphatic rings. The summed E-state index contributed by atoms with van der Waals surface area (Å²) in [4.78, 5) is 11.1. The monoisotopic (exact) mass is 308 g/mol. The Balaban J connectivity index is 3.55. The zero-order valence-electron chi connectivity index (χ0n) is 14.8. The van der Waals surface area contributed by atoms with Gasteiger partial charge in [0.25, 0.3) is 0 Å². The van der Waals surface area contributed by atoms with Crippen LogP contribution in [0.4, 0.5) is 0 Å². The Bertz CT molecular complexity index is 294. The van der Waals surface area contributed by atoms with Crippen LogP contribution >= 0.6 is 0 Å². The fourth-order valence-electron chi connectivity index (χ4n) is 2.65. The lowest BCUT2D eigenvalue weighted by Crippen LogP contribution is -2.16. The summed E-state index contributed by atoms with van der Waals surface area (Å²) in [5, 5.41) is 0. The van der Waals surface area contributed by atoms with E-state index in [4.69, 9.17) is 4.74 Å². The molecule has 0 aromatic carbocycles. The van der Waals surface area contributed by atoms with Gasteiger partial charge in [0, 0.05) is 6.92 Å². The first-order valence-corrected chi connectivity index (χ1v) is 9.15. The summed E-state index contributed by atoms with van der Waals surface area (Å²) < 4.78 is 5.42. The van der Waals surface area contributed by atoms with Crippen molar-refractivity contribution >= 4 is 5.97 Å². The second-order valence-electron chi connectivity index (χ2n) is 6.09. The quantitative estimate of drug-likeness (QED) is 0.200. The first kappa shape index (κ1) is 20.9. The van der Waals surface area contributed by atoms with Gasteiger partial charge >= 0.3 is 5.97 Å². The molecule has 0 amide bonds. The molecule has 0 aliphatic carbocycles. The Morgan fingerprint density at radius 3 is 2.18 bits per heavy atom. The molecule has 1 unspecified atom stereocenters. The van der Waals surface area contributed by atoms with Gasteiger partial charge in [-0.3, -0.25) is 4.79 Å². The number of rotatable bonds is 15. The van der Waals surface area contributed by atoms with E-state index in [0.717, 1.165) is 19.3 Å². The van der Waals surface area contributed by atoms with Crippen molar-refractivity contribution in [3.8, 4) is 0 Å². The summed E-state index contributed by atoms with van der Waals surface area (Å²) in [5.74, 6) is -0.130. The average molecular weight is 309 g/mol. The SMILES string of the molecule is C=C/C=C/CCCCCCCCC(CCCCC)OC(C)=O. The van der Waals surface area contributed by atoms with E-state index in [9.17, 15) is 4.79 Å². The Hall–Kier alpha value is -1.05. The molecule has 0 saturated heterocycles. The van der Waals surface area contributed by atoms with Gasteiger partial charge in [0.15, 0.2) is 0 Å². The minimum absolute atomic E-state index is 0.130. The molecule has 0 saturated carbocycles. The van der Waals surface area contributed by atoms with E-state index in [1.165, 1.54) is 64.7 Å². The predicted octanol–water partition coefficient (Wildman–Crippen LogP) is 6.36. The van der Waals surface area contributed by atoms with Gasteiger partial charge in [0.1, 0.15) is 6.10 Å². The molecule has 0 aliphatic heterocycles. The molecule has 0 rings (SSSR count). The third kappa shape index (κ3) is 15.3. The van der Waals surface area contributed by atoms with E-state index in [-0.39, 0.29) is 12.1 Å². The maximum Gasteiger partial charge on any atom is 0.302 e. The number of hydrogen-bond acceptors (Lipinski definition) is 2. The lowest BCUT2D eigenvalue weighted by atomic mass is 10.0. The third-order valence-corrected chi connectivity index (χ3v) is 3.88. The average Bonchev–Trinajstić information content (AvgIpc) is 2.48. The maximum absolute atomic E-state index is 11.1. The number of carbonyl (C=O) groups excluding carboxylic acids is 1. The van der Waals surface area contributed by atoms with E-state index in [0.29, 0.717) is 0 Å². The molecular weight excluding hydrogens is 272 g/mol. The molecule has 0 aromatic rings. The highest BCUT2D eigenvalue weighted by Gasteiger charge is 2.11. The van der Waals surface area contributed by atoms with E-state index in [1.54, 1.807) is 0 Å². The molecule has 128 valence electrons. The number of esters is 1. The molecule has 0 spiro atoms. The molecule has 0 aromatic heterocycles. The van der Waals surface area contributed by atoms with E-state index in [2.05, 4.69) is 19.6 Å². The Morgan fingerprint density at radius 2 is 1.59 bits per heavy atom. The summed E-state index contributed by atoms with van der Waals surface area (Å²) in [6.07, 6.45) is 20.7. The normalized spacial score (nSPS) is 12.5. The summed E-state index contributed by atoms with van der Waals surface area (Å²) in [7, 11) is 0. The Labute approximate surface area is 138 Å². The van der Waals surface area contributed by atoms with Crippen LogP contribution in [0.5, 0.6) is 0 Å². The van der Waals surface area contributed by atoms with Crippen LogP contribution in [0, 0.1) is 0 Å². The van der Waals surface area contributed by atoms with Gasteiger partial charge in [-0.05, 0) is 38.5 Å². The fourth-order valence-corrected chi connectivity index (χ4v) is 2.65. The molecular formula is C20H36O2. The predicted molar refractivity (Wildman–Crippen MR) is 96.0 cm³/mol. The Kier molecular flexibility index (Phi) is 15.5. The topological polar surface area (TPSA) is 26.3 Å². The van der Waals surface area contributed by atoms with Gasteiger partial charge in [-0.1, -0.05) is 70.3 Å². The van der Waals surface area contributed by atoms with Gasteiger partial charge in [-0.15, -0.1) is 0 Å². The molecule has 2 nitrogen and oxygen atoms in total. The lowest BCUT2D eigenvalue weighted by molar-refractivity contribution is -0.147. The van der Waals surface area contributed by atoms with Crippen molar-refractivity contribution in [2.45, 2.75) is 97.0 Å². The van der Waals surface area contributed by atoms with E-state index >= 15 is 0 Å². The highest BCUT2D eigenvalue weighted by Crippen LogP contribution is 2.16. The molecule has 0 N–H and O–H groups in total. The highest BCUT2D eigenvalue weighted by molar-refractivity contribution is 5.66. The zero-order chi connectivity index (χ0) is 16.5. The number of carbonyl (C=O) groups is 1. The van der Waals surface area contributed by atoms with Crippen molar-refractivity contribution in [1.82, 2.24) is 0 Å². The van der Waals surface area contributed by atoms with Gasteiger partial charge in [0.2, 0.25) is 0 Å².